The van der Waals surface area contributed by atoms with Crippen molar-refractivity contribution in [2.75, 3.05) is 92.5 Å². The lowest BCUT2D eigenvalue weighted by Crippen LogP contribution is -2.13. The highest BCUT2D eigenvalue weighted by atomic mass is 16.6. The zero-order valence-corrected chi connectivity index (χ0v) is 34.2. The van der Waals surface area contributed by atoms with Gasteiger partial charge in [-0.05, 0) is 79.9 Å². The van der Waals surface area contributed by atoms with Crippen LogP contribution in [0.4, 0.5) is 0 Å². The molecule has 8 nitrogen and oxygen atoms in total. The third kappa shape index (κ3) is 13.5. The highest BCUT2D eigenvalue weighted by Gasteiger charge is 2.06. The number of ether oxygens (including phenoxy) is 8. The highest BCUT2D eigenvalue weighted by molar-refractivity contribution is 5.76. The Morgan fingerprint density at radius 2 is 0.383 bits per heavy atom. The summed E-state index contributed by atoms with van der Waals surface area (Å²) in [5, 5.41) is 0. The van der Waals surface area contributed by atoms with E-state index in [1.165, 1.54) is 33.4 Å². The first-order valence-corrected chi connectivity index (χ1v) is 20.8. The second-order valence-corrected chi connectivity index (χ2v) is 14.1. The van der Waals surface area contributed by atoms with E-state index in [0.717, 1.165) is 33.8 Å². The van der Waals surface area contributed by atoms with Crippen LogP contribution in [-0.4, -0.2) is 92.5 Å². The van der Waals surface area contributed by atoms with Crippen LogP contribution in [0.2, 0.25) is 0 Å². The Hall–Kier alpha value is -5.58. The molecule has 0 atom stereocenters. The van der Waals surface area contributed by atoms with Gasteiger partial charge in [-0.3, -0.25) is 0 Å². The van der Waals surface area contributed by atoms with E-state index in [1.54, 1.807) is 0 Å². The van der Waals surface area contributed by atoms with Crippen molar-refractivity contribution in [3.8, 4) is 67.1 Å². The van der Waals surface area contributed by atoms with E-state index in [-0.39, 0.29) is 0 Å². The molecule has 8 heteroatoms. The van der Waals surface area contributed by atoms with E-state index in [2.05, 4.69) is 121 Å². The summed E-state index contributed by atoms with van der Waals surface area (Å²) in [6.07, 6.45) is 3.88. The van der Waals surface area contributed by atoms with Crippen molar-refractivity contribution in [3.63, 3.8) is 0 Å². The van der Waals surface area contributed by atoms with Crippen LogP contribution in [-0.2, 0) is 28.4 Å². The number of fused-ring (bicyclic) bond motifs is 6. The normalized spacial score (nSPS) is 16.4. The molecule has 0 fully saturated rings. The summed E-state index contributed by atoms with van der Waals surface area (Å²) in [6, 6.07) is 51.3. The molecule has 60 heavy (non-hydrogen) atoms. The van der Waals surface area contributed by atoms with Crippen molar-refractivity contribution in [3.05, 3.63) is 158 Å². The van der Waals surface area contributed by atoms with Gasteiger partial charge in [0.1, 0.15) is 24.7 Å². The summed E-state index contributed by atoms with van der Waals surface area (Å²) in [7, 11) is 0. The molecular formula is C52H54O8. The standard InChI is InChI=1S/C52H54O8/c1-2-28-54-30-32-56-34-36-58-38-40-60-52-25-21-50(22-26-52)48-17-13-46(14-18-48)44-9-5-42(6-10-44)41-3-7-43(8-4-41)45-11-15-47(16-12-45)49-19-23-51(24-20-49)59-39-37-57-35-33-55-31-29-53-27-1/h1-26H,27-40H2/b2-1+. The second kappa shape index (κ2) is 23.9. The van der Waals surface area contributed by atoms with Crippen molar-refractivity contribution in [1.29, 1.82) is 0 Å². The number of hydrogen-bond acceptors (Lipinski definition) is 8. The molecule has 13 rings (SSSR count). The Bertz CT molecular complexity index is 1970. The molecule has 0 saturated heterocycles. The molecule has 0 amide bonds. The minimum absolute atomic E-state index is 0.472. The van der Waals surface area contributed by atoms with Gasteiger partial charge in [-0.15, -0.1) is 0 Å². The molecular weight excluding hydrogens is 753 g/mol. The maximum absolute atomic E-state index is 5.89. The van der Waals surface area contributed by atoms with Gasteiger partial charge in [-0.2, -0.15) is 0 Å². The van der Waals surface area contributed by atoms with Gasteiger partial charge in [0.2, 0.25) is 0 Å². The Balaban J connectivity index is 0.926. The summed E-state index contributed by atoms with van der Waals surface area (Å²) in [6.45, 7) is 7.03. The van der Waals surface area contributed by atoms with Crippen molar-refractivity contribution < 1.29 is 37.9 Å². The van der Waals surface area contributed by atoms with Crippen LogP contribution in [0, 0.1) is 0 Å². The van der Waals surface area contributed by atoms with E-state index in [9.17, 15) is 0 Å². The summed E-state index contributed by atoms with van der Waals surface area (Å²) in [5.74, 6) is 1.63. The molecule has 0 aromatic heterocycles. The van der Waals surface area contributed by atoms with Crippen molar-refractivity contribution in [2.45, 2.75) is 0 Å². The topological polar surface area (TPSA) is 73.8 Å². The molecule has 6 aromatic carbocycles. The van der Waals surface area contributed by atoms with Gasteiger partial charge < -0.3 is 37.9 Å². The third-order valence-electron chi connectivity index (χ3n) is 9.99. The second-order valence-electron chi connectivity index (χ2n) is 14.1. The molecule has 0 unspecified atom stereocenters. The fraction of sp³-hybridized carbons (Fsp3) is 0.269. The molecule has 7 heterocycles. The minimum atomic E-state index is 0.472. The molecule has 7 aliphatic heterocycles. The molecule has 310 valence electrons. The molecule has 0 spiro atoms. The lowest BCUT2D eigenvalue weighted by Gasteiger charge is -2.10. The lowest BCUT2D eigenvalue weighted by atomic mass is 9.96. The molecule has 12 bridgehead atoms. The molecule has 0 saturated carbocycles. The van der Waals surface area contributed by atoms with E-state index in [0.29, 0.717) is 92.5 Å². The zero-order valence-electron chi connectivity index (χ0n) is 34.2. The first-order valence-electron chi connectivity index (χ1n) is 20.8. The average Bonchev–Trinajstić information content (AvgIpc) is 3.31. The van der Waals surface area contributed by atoms with Crippen LogP contribution in [0.15, 0.2) is 158 Å². The molecule has 0 aliphatic carbocycles. The fourth-order valence-corrected chi connectivity index (χ4v) is 6.66. The van der Waals surface area contributed by atoms with Gasteiger partial charge in [0.05, 0.1) is 79.3 Å². The van der Waals surface area contributed by atoms with Crippen LogP contribution in [0.25, 0.3) is 55.6 Å². The van der Waals surface area contributed by atoms with Gasteiger partial charge in [0.25, 0.3) is 0 Å². The van der Waals surface area contributed by atoms with Crippen LogP contribution in [0.3, 0.4) is 0 Å². The summed E-state index contributed by atoms with van der Waals surface area (Å²) >= 11 is 0. The summed E-state index contributed by atoms with van der Waals surface area (Å²) < 4.78 is 45.4. The van der Waals surface area contributed by atoms with E-state index in [4.69, 9.17) is 37.9 Å². The number of benzene rings is 6. The minimum Gasteiger partial charge on any atom is -0.491 e. The maximum atomic E-state index is 5.89. The Morgan fingerprint density at radius 1 is 0.200 bits per heavy atom. The van der Waals surface area contributed by atoms with Crippen molar-refractivity contribution >= 4 is 0 Å². The van der Waals surface area contributed by atoms with Crippen molar-refractivity contribution in [1.82, 2.24) is 0 Å². The quantitative estimate of drug-likeness (QED) is 0.141. The smallest absolute Gasteiger partial charge is 0.119 e. The first kappa shape index (κ1) is 42.5. The molecule has 7 aliphatic rings. The van der Waals surface area contributed by atoms with E-state index >= 15 is 0 Å². The Morgan fingerprint density at radius 3 is 0.617 bits per heavy atom. The van der Waals surface area contributed by atoms with Crippen LogP contribution in [0.5, 0.6) is 11.5 Å². The predicted octanol–water partition coefficient (Wildman–Crippen LogP) is 10.4. The zero-order chi connectivity index (χ0) is 40.9. The number of hydrogen-bond donors (Lipinski definition) is 0. The first-order chi connectivity index (χ1) is 29.8. The number of rotatable bonds is 0. The molecule has 0 radical (unpaired) electrons. The monoisotopic (exact) mass is 806 g/mol. The van der Waals surface area contributed by atoms with E-state index < -0.39 is 0 Å². The van der Waals surface area contributed by atoms with Gasteiger partial charge in [0.15, 0.2) is 0 Å². The van der Waals surface area contributed by atoms with Gasteiger partial charge >= 0.3 is 0 Å². The van der Waals surface area contributed by atoms with Gasteiger partial charge in [0, 0.05) is 0 Å². The molecule has 6 aromatic rings. The summed E-state index contributed by atoms with van der Waals surface area (Å²) in [4.78, 5) is 0. The van der Waals surface area contributed by atoms with Crippen LogP contribution >= 0.6 is 0 Å². The largest absolute Gasteiger partial charge is 0.491 e. The van der Waals surface area contributed by atoms with Gasteiger partial charge in [-0.1, -0.05) is 133 Å². The summed E-state index contributed by atoms with van der Waals surface area (Å²) in [5.41, 5.74) is 11.7. The van der Waals surface area contributed by atoms with Crippen molar-refractivity contribution in [2.24, 2.45) is 0 Å². The highest BCUT2D eigenvalue weighted by Crippen LogP contribution is 2.31. The van der Waals surface area contributed by atoms with E-state index in [1.807, 2.05) is 36.4 Å². The third-order valence-corrected chi connectivity index (χ3v) is 9.99. The van der Waals surface area contributed by atoms with Crippen LogP contribution in [0.1, 0.15) is 0 Å². The Kier molecular flexibility index (Phi) is 16.9. The predicted molar refractivity (Wildman–Crippen MR) is 239 cm³/mol. The molecule has 0 N–H and O–H groups in total. The maximum Gasteiger partial charge on any atom is 0.119 e. The van der Waals surface area contributed by atoms with Gasteiger partial charge in [-0.25, -0.2) is 0 Å². The average molecular weight is 807 g/mol. The SMILES string of the molecule is C1=C/COCCOCCOCCOc2ccc(cc2)-c2ccc(cc2)-c2ccc(cc2)-c2ccc(cc2)-c2ccc(cc2)-c2ccc(cc2)OCCOCCOCCOC/1. The fourth-order valence-electron chi connectivity index (χ4n) is 6.66. The van der Waals surface area contributed by atoms with Crippen LogP contribution < -0.4 is 9.47 Å². The Labute approximate surface area is 354 Å². The lowest BCUT2D eigenvalue weighted by molar-refractivity contribution is 0.0123.